The summed E-state index contributed by atoms with van der Waals surface area (Å²) in [5.74, 6) is 0.922. The Morgan fingerprint density at radius 1 is 1.09 bits per heavy atom. The number of fused-ring (bicyclic) bond motifs is 1. The Morgan fingerprint density at radius 3 is 2.70 bits per heavy atom. The normalized spacial score (nSPS) is 11.3. The molecule has 0 saturated carbocycles. The average Bonchev–Trinajstić information content (AvgIpc) is 3.01. The average molecular weight is 308 g/mol. The quantitative estimate of drug-likeness (QED) is 0.707. The van der Waals surface area contributed by atoms with Crippen LogP contribution in [0.15, 0.2) is 54.7 Å². The summed E-state index contributed by atoms with van der Waals surface area (Å²) in [6.07, 6.45) is 3.17. The highest BCUT2D eigenvalue weighted by molar-refractivity contribution is 5.84. The van der Waals surface area contributed by atoms with Crippen LogP contribution in [-0.2, 0) is 13.0 Å². The first kappa shape index (κ1) is 15.6. The number of nitrogens with one attached hydrogen (secondary N) is 1. The van der Waals surface area contributed by atoms with Gasteiger partial charge in [0.05, 0.1) is 0 Å². The van der Waals surface area contributed by atoms with E-state index >= 15 is 0 Å². The summed E-state index contributed by atoms with van der Waals surface area (Å²) in [5, 5.41) is 1.26. The van der Waals surface area contributed by atoms with Crippen LogP contribution >= 0.6 is 0 Å². The summed E-state index contributed by atoms with van der Waals surface area (Å²) < 4.78 is 5.95. The lowest BCUT2D eigenvalue weighted by Gasteiger charge is -2.13. The maximum absolute atomic E-state index is 5.95. The molecule has 0 atom stereocenters. The molecular formula is C20H24N2O. The fourth-order valence-corrected chi connectivity index (χ4v) is 2.66. The summed E-state index contributed by atoms with van der Waals surface area (Å²) in [5.41, 5.74) is 3.71. The third-order valence-corrected chi connectivity index (χ3v) is 4.29. The van der Waals surface area contributed by atoms with Crippen LogP contribution in [0.2, 0.25) is 0 Å². The second kappa shape index (κ2) is 7.34. The number of benzene rings is 2. The predicted molar refractivity (Wildman–Crippen MR) is 95.9 cm³/mol. The predicted octanol–water partition coefficient (Wildman–Crippen LogP) is 4.24. The minimum atomic E-state index is 0.602. The maximum atomic E-state index is 5.95. The molecular weight excluding hydrogens is 284 g/mol. The summed E-state index contributed by atoms with van der Waals surface area (Å²) in [6, 6.07) is 16.5. The molecule has 23 heavy (non-hydrogen) atoms. The van der Waals surface area contributed by atoms with E-state index < -0.39 is 0 Å². The van der Waals surface area contributed by atoms with E-state index in [9.17, 15) is 0 Å². The molecule has 0 saturated heterocycles. The van der Waals surface area contributed by atoms with Gasteiger partial charge in [0.1, 0.15) is 12.4 Å². The first-order valence-electron chi connectivity index (χ1n) is 8.21. The van der Waals surface area contributed by atoms with E-state index in [0.717, 1.165) is 25.3 Å². The number of hydrogen-bond acceptors (Lipinski definition) is 2. The highest BCUT2D eigenvalue weighted by Gasteiger charge is 2.06. The van der Waals surface area contributed by atoms with Gasteiger partial charge in [-0.25, -0.2) is 0 Å². The van der Waals surface area contributed by atoms with Gasteiger partial charge in [-0.05, 0) is 49.3 Å². The van der Waals surface area contributed by atoms with Crippen molar-refractivity contribution in [3.8, 4) is 5.75 Å². The fourth-order valence-electron chi connectivity index (χ4n) is 2.66. The van der Waals surface area contributed by atoms with Gasteiger partial charge in [-0.15, -0.1) is 0 Å². The Bertz CT molecular complexity index is 749. The summed E-state index contributed by atoms with van der Waals surface area (Å²) in [4.78, 5) is 5.68. The zero-order valence-electron chi connectivity index (χ0n) is 13.9. The molecule has 0 aliphatic heterocycles. The second-order valence-corrected chi connectivity index (χ2v) is 5.94. The van der Waals surface area contributed by atoms with Crippen molar-refractivity contribution in [3.05, 3.63) is 65.9 Å². The molecule has 1 N–H and O–H groups in total. The fraction of sp³-hybridized carbons (Fsp3) is 0.300. The van der Waals surface area contributed by atoms with Crippen molar-refractivity contribution in [2.24, 2.45) is 0 Å². The van der Waals surface area contributed by atoms with Crippen LogP contribution in [0.4, 0.5) is 0 Å². The molecule has 3 heteroatoms. The van der Waals surface area contributed by atoms with E-state index in [4.69, 9.17) is 4.74 Å². The van der Waals surface area contributed by atoms with E-state index in [0.29, 0.717) is 6.61 Å². The van der Waals surface area contributed by atoms with Crippen LogP contribution < -0.4 is 4.74 Å². The smallest absolute Gasteiger partial charge is 0.120 e. The van der Waals surface area contributed by atoms with Crippen molar-refractivity contribution >= 4 is 10.9 Å². The zero-order valence-corrected chi connectivity index (χ0v) is 13.9. The third kappa shape index (κ3) is 3.93. The van der Waals surface area contributed by atoms with Gasteiger partial charge in [-0.3, -0.25) is 0 Å². The molecule has 0 bridgehead atoms. The van der Waals surface area contributed by atoms with E-state index in [-0.39, 0.29) is 0 Å². The van der Waals surface area contributed by atoms with Crippen LogP contribution in [0.5, 0.6) is 5.75 Å². The van der Waals surface area contributed by atoms with E-state index in [2.05, 4.69) is 54.3 Å². The van der Waals surface area contributed by atoms with Crippen molar-refractivity contribution < 1.29 is 4.74 Å². The highest BCUT2D eigenvalue weighted by atomic mass is 16.5. The van der Waals surface area contributed by atoms with Gasteiger partial charge in [0.15, 0.2) is 0 Å². The number of aromatic amines is 1. The lowest BCUT2D eigenvalue weighted by molar-refractivity contribution is 0.306. The number of H-pyrrole nitrogens is 1. The van der Waals surface area contributed by atoms with Gasteiger partial charge < -0.3 is 14.6 Å². The van der Waals surface area contributed by atoms with Crippen molar-refractivity contribution in [2.75, 3.05) is 20.1 Å². The molecule has 3 aromatic rings. The molecule has 120 valence electrons. The lowest BCUT2D eigenvalue weighted by atomic mass is 10.1. The van der Waals surface area contributed by atoms with Gasteiger partial charge in [-0.2, -0.15) is 0 Å². The molecule has 0 fully saturated rings. The minimum absolute atomic E-state index is 0.602. The van der Waals surface area contributed by atoms with Crippen molar-refractivity contribution in [1.82, 2.24) is 9.88 Å². The van der Waals surface area contributed by atoms with Gasteiger partial charge >= 0.3 is 0 Å². The molecule has 1 aromatic heterocycles. The first-order chi connectivity index (χ1) is 11.3. The molecule has 0 radical (unpaired) electrons. The Labute approximate surface area is 137 Å². The third-order valence-electron chi connectivity index (χ3n) is 4.29. The second-order valence-electron chi connectivity index (χ2n) is 5.94. The maximum Gasteiger partial charge on any atom is 0.120 e. The number of hydrogen-bond donors (Lipinski definition) is 1. The van der Waals surface area contributed by atoms with E-state index in [1.54, 1.807) is 0 Å². The van der Waals surface area contributed by atoms with Crippen LogP contribution in [0.1, 0.15) is 18.1 Å². The lowest BCUT2D eigenvalue weighted by Crippen LogP contribution is -2.20. The van der Waals surface area contributed by atoms with Crippen LogP contribution in [0.25, 0.3) is 10.9 Å². The molecule has 0 amide bonds. The van der Waals surface area contributed by atoms with Gasteiger partial charge in [0, 0.05) is 23.6 Å². The SMILES string of the molecule is CCN(C)CCc1c[nH]c2ccc(OCc3ccccc3)cc12. The number of aromatic nitrogens is 1. The molecule has 1 heterocycles. The monoisotopic (exact) mass is 308 g/mol. The van der Waals surface area contributed by atoms with E-state index in [1.165, 1.54) is 22.0 Å². The number of nitrogens with zero attached hydrogens (tertiary/aromatic N) is 1. The number of ether oxygens (including phenoxy) is 1. The number of rotatable bonds is 7. The van der Waals surface area contributed by atoms with Crippen LogP contribution in [0, 0.1) is 0 Å². The molecule has 0 unspecified atom stereocenters. The largest absolute Gasteiger partial charge is 0.489 e. The van der Waals surface area contributed by atoms with Crippen molar-refractivity contribution in [3.63, 3.8) is 0 Å². The van der Waals surface area contributed by atoms with Gasteiger partial charge in [0.2, 0.25) is 0 Å². The minimum Gasteiger partial charge on any atom is -0.489 e. The Balaban J connectivity index is 1.72. The van der Waals surface area contributed by atoms with Crippen LogP contribution in [0.3, 0.4) is 0 Å². The van der Waals surface area contributed by atoms with Crippen LogP contribution in [-0.4, -0.2) is 30.0 Å². The Kier molecular flexibility index (Phi) is 4.99. The molecule has 0 aliphatic rings. The molecule has 0 aliphatic carbocycles. The first-order valence-corrected chi connectivity index (χ1v) is 8.21. The number of likely N-dealkylation sites (N-methyl/N-ethyl adjacent to an activating group) is 1. The Hall–Kier alpha value is -2.26. The summed E-state index contributed by atoms with van der Waals surface area (Å²) >= 11 is 0. The standard InChI is InChI=1S/C20H24N2O/c1-3-22(2)12-11-17-14-21-20-10-9-18(13-19(17)20)23-15-16-7-5-4-6-8-16/h4-10,13-14,21H,3,11-12,15H2,1-2H3. The summed E-state index contributed by atoms with van der Waals surface area (Å²) in [6.45, 7) is 4.93. The van der Waals surface area contributed by atoms with Gasteiger partial charge in [0.25, 0.3) is 0 Å². The summed E-state index contributed by atoms with van der Waals surface area (Å²) in [7, 11) is 2.16. The molecule has 3 rings (SSSR count). The van der Waals surface area contributed by atoms with Crippen molar-refractivity contribution in [1.29, 1.82) is 0 Å². The van der Waals surface area contributed by atoms with Crippen molar-refractivity contribution in [2.45, 2.75) is 20.0 Å². The molecule has 0 spiro atoms. The highest BCUT2D eigenvalue weighted by Crippen LogP contribution is 2.25. The van der Waals surface area contributed by atoms with Gasteiger partial charge in [-0.1, -0.05) is 37.3 Å². The zero-order chi connectivity index (χ0) is 16.1. The van der Waals surface area contributed by atoms with E-state index in [1.807, 2.05) is 24.3 Å². The Morgan fingerprint density at radius 2 is 1.91 bits per heavy atom. The topological polar surface area (TPSA) is 28.3 Å². The molecule has 3 nitrogen and oxygen atoms in total. The molecule has 2 aromatic carbocycles.